The van der Waals surface area contributed by atoms with Gasteiger partial charge in [0.15, 0.2) is 0 Å². The lowest BCUT2D eigenvalue weighted by Gasteiger charge is -2.01. The van der Waals surface area contributed by atoms with Gasteiger partial charge in [-0.05, 0) is 39.8 Å². The number of hydrogen-bond acceptors (Lipinski definition) is 3. The largest absolute Gasteiger partial charge is 0.464 e. The minimum atomic E-state index is 0.619. The van der Waals surface area contributed by atoms with Crippen molar-refractivity contribution in [1.29, 1.82) is 0 Å². The van der Waals surface area contributed by atoms with Crippen molar-refractivity contribution in [3.63, 3.8) is 0 Å². The molecule has 0 aliphatic heterocycles. The minimum Gasteiger partial charge on any atom is -0.464 e. The molecule has 0 saturated carbocycles. The van der Waals surface area contributed by atoms with Gasteiger partial charge in [-0.3, -0.25) is 4.68 Å². The molecule has 0 bridgehead atoms. The molecule has 20 heavy (non-hydrogen) atoms. The molecule has 0 fully saturated rings. The summed E-state index contributed by atoms with van der Waals surface area (Å²) in [6, 6.07) is 2.10. The summed E-state index contributed by atoms with van der Waals surface area (Å²) in [5.74, 6) is 1.88. The van der Waals surface area contributed by atoms with Crippen LogP contribution < -0.4 is 5.32 Å². The Kier molecular flexibility index (Phi) is 4.89. The number of aryl methyl sites for hydroxylation is 2. The molecule has 4 nitrogen and oxygen atoms in total. The molecule has 0 unspecified atom stereocenters. The van der Waals surface area contributed by atoms with Crippen LogP contribution in [-0.2, 0) is 13.1 Å². The highest BCUT2D eigenvalue weighted by atomic mass is 35.5. The Hall–Kier alpha value is -1.26. The van der Waals surface area contributed by atoms with Crippen molar-refractivity contribution < 1.29 is 4.42 Å². The van der Waals surface area contributed by atoms with Gasteiger partial charge in [0.1, 0.15) is 11.5 Å². The first-order valence-corrected chi connectivity index (χ1v) is 7.39. The van der Waals surface area contributed by atoms with E-state index in [0.29, 0.717) is 6.54 Å². The van der Waals surface area contributed by atoms with Gasteiger partial charge in [0.25, 0.3) is 0 Å². The molecule has 2 heterocycles. The first-order valence-electron chi connectivity index (χ1n) is 7.01. The fraction of sp³-hybridized carbons (Fsp3) is 0.533. The number of rotatable bonds is 6. The second kappa shape index (κ2) is 6.46. The van der Waals surface area contributed by atoms with E-state index in [4.69, 9.17) is 16.0 Å². The Morgan fingerprint density at radius 1 is 1.35 bits per heavy atom. The fourth-order valence-electron chi connectivity index (χ4n) is 2.22. The van der Waals surface area contributed by atoms with Gasteiger partial charge in [-0.25, -0.2) is 0 Å². The van der Waals surface area contributed by atoms with Crippen LogP contribution in [0.3, 0.4) is 0 Å². The molecular weight excluding hydrogens is 274 g/mol. The highest BCUT2D eigenvalue weighted by molar-refractivity contribution is 6.31. The summed E-state index contributed by atoms with van der Waals surface area (Å²) in [7, 11) is 0. The van der Waals surface area contributed by atoms with Crippen LogP contribution >= 0.6 is 11.6 Å². The summed E-state index contributed by atoms with van der Waals surface area (Å²) in [5, 5.41) is 8.55. The molecule has 0 aliphatic carbocycles. The van der Waals surface area contributed by atoms with Gasteiger partial charge in [-0.1, -0.05) is 18.5 Å². The average Bonchev–Trinajstić information content (AvgIpc) is 2.87. The molecule has 0 aliphatic rings. The predicted molar refractivity (Wildman–Crippen MR) is 81.3 cm³/mol. The summed E-state index contributed by atoms with van der Waals surface area (Å²) >= 11 is 6.16. The molecule has 110 valence electrons. The van der Waals surface area contributed by atoms with Gasteiger partial charge in [0.05, 0.1) is 23.0 Å². The van der Waals surface area contributed by atoms with Gasteiger partial charge >= 0.3 is 0 Å². The van der Waals surface area contributed by atoms with Crippen LogP contribution in [0.5, 0.6) is 0 Å². The van der Waals surface area contributed by atoms with E-state index in [2.05, 4.69) is 23.4 Å². The highest BCUT2D eigenvalue weighted by Gasteiger charge is 2.12. The Bertz CT molecular complexity index is 586. The zero-order valence-corrected chi connectivity index (χ0v) is 13.3. The number of aromatic nitrogens is 2. The fourth-order valence-corrected chi connectivity index (χ4v) is 2.35. The first-order chi connectivity index (χ1) is 9.52. The Labute approximate surface area is 125 Å². The molecule has 0 spiro atoms. The van der Waals surface area contributed by atoms with E-state index in [1.165, 1.54) is 5.56 Å². The predicted octanol–water partition coefficient (Wildman–Crippen LogP) is 3.60. The number of hydrogen-bond donors (Lipinski definition) is 1. The molecule has 1 N–H and O–H groups in total. The van der Waals surface area contributed by atoms with Crippen molar-refractivity contribution in [3.05, 3.63) is 39.6 Å². The SMILES string of the molecule is CCCNCc1cc(Cn2nc(C)c(Cl)c2C)oc1C. The van der Waals surface area contributed by atoms with Crippen LogP contribution in [0, 0.1) is 20.8 Å². The zero-order chi connectivity index (χ0) is 14.7. The lowest BCUT2D eigenvalue weighted by atomic mass is 10.2. The third-order valence-electron chi connectivity index (χ3n) is 3.41. The maximum absolute atomic E-state index is 6.16. The van der Waals surface area contributed by atoms with Gasteiger partial charge in [-0.15, -0.1) is 0 Å². The third-order valence-corrected chi connectivity index (χ3v) is 3.96. The standard InChI is InChI=1S/C15H22ClN3O/c1-5-6-17-8-13-7-14(20-12(13)4)9-19-11(3)15(16)10(2)18-19/h7,17H,5-6,8-9H2,1-4H3. The Balaban J connectivity index is 2.10. The summed E-state index contributed by atoms with van der Waals surface area (Å²) in [4.78, 5) is 0. The molecule has 0 radical (unpaired) electrons. The topological polar surface area (TPSA) is 43.0 Å². The summed E-state index contributed by atoms with van der Waals surface area (Å²) in [6.45, 7) is 10.5. The summed E-state index contributed by atoms with van der Waals surface area (Å²) in [6.07, 6.45) is 1.13. The summed E-state index contributed by atoms with van der Waals surface area (Å²) in [5.41, 5.74) is 3.04. The Morgan fingerprint density at radius 2 is 2.10 bits per heavy atom. The van der Waals surface area contributed by atoms with E-state index < -0.39 is 0 Å². The zero-order valence-electron chi connectivity index (χ0n) is 12.6. The van der Waals surface area contributed by atoms with E-state index in [9.17, 15) is 0 Å². The maximum Gasteiger partial charge on any atom is 0.125 e. The van der Waals surface area contributed by atoms with E-state index in [-0.39, 0.29) is 0 Å². The van der Waals surface area contributed by atoms with E-state index in [1.807, 2.05) is 25.5 Å². The molecule has 0 saturated heterocycles. The second-order valence-electron chi connectivity index (χ2n) is 5.11. The number of nitrogens with zero attached hydrogens (tertiary/aromatic N) is 2. The average molecular weight is 296 g/mol. The van der Waals surface area contributed by atoms with Crippen LogP contribution in [0.1, 0.15) is 41.8 Å². The third kappa shape index (κ3) is 3.25. The van der Waals surface area contributed by atoms with Crippen molar-refractivity contribution in [2.45, 2.75) is 47.2 Å². The molecular formula is C15H22ClN3O. The van der Waals surface area contributed by atoms with Gasteiger partial charge in [0.2, 0.25) is 0 Å². The molecule has 2 rings (SSSR count). The first kappa shape index (κ1) is 15.1. The number of furan rings is 1. The maximum atomic E-state index is 6.16. The van der Waals surface area contributed by atoms with Crippen molar-refractivity contribution in [3.8, 4) is 0 Å². The van der Waals surface area contributed by atoms with E-state index in [1.54, 1.807) is 0 Å². The lowest BCUT2D eigenvalue weighted by molar-refractivity contribution is 0.453. The minimum absolute atomic E-state index is 0.619. The van der Waals surface area contributed by atoms with E-state index in [0.717, 1.165) is 47.4 Å². The monoisotopic (exact) mass is 295 g/mol. The molecule has 0 amide bonds. The smallest absolute Gasteiger partial charge is 0.125 e. The number of halogens is 1. The van der Waals surface area contributed by atoms with Crippen molar-refractivity contribution in [1.82, 2.24) is 15.1 Å². The quantitative estimate of drug-likeness (QED) is 0.828. The van der Waals surface area contributed by atoms with Crippen LogP contribution in [0.2, 0.25) is 5.02 Å². The Morgan fingerprint density at radius 3 is 2.70 bits per heavy atom. The van der Waals surface area contributed by atoms with Crippen molar-refractivity contribution >= 4 is 11.6 Å². The van der Waals surface area contributed by atoms with Gasteiger partial charge in [-0.2, -0.15) is 5.10 Å². The molecule has 2 aromatic rings. The highest BCUT2D eigenvalue weighted by Crippen LogP contribution is 2.21. The van der Waals surface area contributed by atoms with Crippen LogP contribution in [0.4, 0.5) is 0 Å². The normalized spacial score (nSPS) is 11.2. The van der Waals surface area contributed by atoms with E-state index >= 15 is 0 Å². The molecule has 2 aromatic heterocycles. The number of nitrogens with one attached hydrogen (secondary N) is 1. The van der Waals surface area contributed by atoms with Crippen molar-refractivity contribution in [2.75, 3.05) is 6.54 Å². The van der Waals surface area contributed by atoms with Crippen LogP contribution in [0.15, 0.2) is 10.5 Å². The van der Waals surface area contributed by atoms with Crippen molar-refractivity contribution in [2.24, 2.45) is 0 Å². The molecule has 0 atom stereocenters. The molecule has 0 aromatic carbocycles. The summed E-state index contributed by atoms with van der Waals surface area (Å²) < 4.78 is 7.70. The van der Waals surface area contributed by atoms with Gasteiger partial charge < -0.3 is 9.73 Å². The molecule has 5 heteroatoms. The second-order valence-corrected chi connectivity index (χ2v) is 5.49. The lowest BCUT2D eigenvalue weighted by Crippen LogP contribution is -2.13. The van der Waals surface area contributed by atoms with Gasteiger partial charge in [0, 0.05) is 12.1 Å². The van der Waals surface area contributed by atoms with Crippen LogP contribution in [-0.4, -0.2) is 16.3 Å². The van der Waals surface area contributed by atoms with Crippen LogP contribution in [0.25, 0.3) is 0 Å².